The number of piperidine rings is 2. The van der Waals surface area contributed by atoms with E-state index in [-0.39, 0.29) is 43.6 Å². The molecular formula is C37H43N3O7. The number of fused-ring (bicyclic) bond motifs is 1. The van der Waals surface area contributed by atoms with Crippen molar-refractivity contribution in [2.45, 2.75) is 50.2 Å². The predicted octanol–water partition coefficient (Wildman–Crippen LogP) is 5.52. The predicted molar refractivity (Wildman–Crippen MR) is 177 cm³/mol. The van der Waals surface area contributed by atoms with Gasteiger partial charge < -0.3 is 34.0 Å². The van der Waals surface area contributed by atoms with Crippen LogP contribution in [-0.2, 0) is 20.9 Å². The lowest BCUT2D eigenvalue weighted by molar-refractivity contribution is -0.121. The molecule has 10 heteroatoms. The molecule has 3 heterocycles. The van der Waals surface area contributed by atoms with Crippen LogP contribution < -0.4 is 9.64 Å². The van der Waals surface area contributed by atoms with Crippen molar-refractivity contribution in [1.29, 1.82) is 0 Å². The highest BCUT2D eigenvalue weighted by atomic mass is 16.5. The number of carboxylic acid groups (broad SMARTS) is 1. The minimum absolute atomic E-state index is 0.00173. The Hall–Kier alpha value is -4.41. The van der Waals surface area contributed by atoms with Crippen LogP contribution in [0.5, 0.6) is 5.75 Å². The summed E-state index contributed by atoms with van der Waals surface area (Å²) in [4.78, 5) is 43.0. The number of methoxy groups -OCH3 is 1. The third-order valence-electron chi connectivity index (χ3n) is 9.63. The molecule has 6 rings (SSSR count). The zero-order chi connectivity index (χ0) is 32.8. The first kappa shape index (κ1) is 32.5. The highest BCUT2D eigenvalue weighted by Gasteiger charge is 2.34. The highest BCUT2D eigenvalue weighted by Crippen LogP contribution is 2.35. The van der Waals surface area contributed by atoms with E-state index in [0.717, 1.165) is 37.1 Å². The van der Waals surface area contributed by atoms with Crippen LogP contribution in [0.2, 0.25) is 0 Å². The molecule has 248 valence electrons. The van der Waals surface area contributed by atoms with E-state index in [2.05, 4.69) is 24.3 Å². The first-order valence-electron chi connectivity index (χ1n) is 16.5. The third-order valence-corrected chi connectivity index (χ3v) is 9.63. The number of nitrogens with zero attached hydrogens (tertiary/aromatic N) is 3. The van der Waals surface area contributed by atoms with E-state index in [1.807, 2.05) is 53.4 Å². The van der Waals surface area contributed by atoms with E-state index in [9.17, 15) is 19.5 Å². The molecule has 0 radical (unpaired) electrons. The van der Waals surface area contributed by atoms with Crippen LogP contribution in [0.1, 0.15) is 64.6 Å². The molecule has 47 heavy (non-hydrogen) atoms. The number of amides is 3. The number of hydrogen-bond donors (Lipinski definition) is 1. The summed E-state index contributed by atoms with van der Waals surface area (Å²) in [6.07, 6.45) is 1.86. The van der Waals surface area contributed by atoms with Gasteiger partial charge in [-0.1, -0.05) is 48.5 Å². The average molecular weight is 642 g/mol. The summed E-state index contributed by atoms with van der Waals surface area (Å²) in [7, 11) is 1.64. The quantitative estimate of drug-likeness (QED) is 0.291. The maximum atomic E-state index is 13.4. The summed E-state index contributed by atoms with van der Waals surface area (Å²) in [6.45, 7) is 3.44. The Balaban J connectivity index is 1.11. The second-order valence-electron chi connectivity index (χ2n) is 12.6. The Morgan fingerprint density at radius 2 is 1.66 bits per heavy atom. The van der Waals surface area contributed by atoms with E-state index in [1.54, 1.807) is 12.0 Å². The van der Waals surface area contributed by atoms with Gasteiger partial charge in [0.2, 0.25) is 0 Å². The van der Waals surface area contributed by atoms with E-state index in [4.69, 9.17) is 14.2 Å². The van der Waals surface area contributed by atoms with Gasteiger partial charge in [0.25, 0.3) is 11.8 Å². The summed E-state index contributed by atoms with van der Waals surface area (Å²) < 4.78 is 17.3. The smallest absolute Gasteiger partial charge is 0.407 e. The van der Waals surface area contributed by atoms with Crippen molar-refractivity contribution in [3.8, 4) is 5.75 Å². The Morgan fingerprint density at radius 3 is 2.38 bits per heavy atom. The van der Waals surface area contributed by atoms with Gasteiger partial charge in [-0.15, -0.1) is 0 Å². The van der Waals surface area contributed by atoms with Crippen molar-refractivity contribution < 1.29 is 33.7 Å². The van der Waals surface area contributed by atoms with E-state index in [1.165, 1.54) is 10.5 Å². The van der Waals surface area contributed by atoms with Crippen molar-refractivity contribution in [2.24, 2.45) is 0 Å². The minimum atomic E-state index is -0.967. The molecule has 0 aliphatic carbocycles. The molecule has 3 aliphatic heterocycles. The second kappa shape index (κ2) is 15.0. The SMILES string of the molecule is COCCCN1C(=O)COc2ccc(COC3CN(C(=O)O)CCC3c3ccc(C(=O)N4CCC(c5ccccc5)CC4)cc3)cc21. The maximum absolute atomic E-state index is 13.4. The van der Waals surface area contributed by atoms with Crippen LogP contribution in [0.15, 0.2) is 72.8 Å². The van der Waals surface area contributed by atoms with Gasteiger partial charge in [0.15, 0.2) is 6.61 Å². The van der Waals surface area contributed by atoms with Gasteiger partial charge in [-0.05, 0) is 72.6 Å². The molecule has 1 N–H and O–H groups in total. The summed E-state index contributed by atoms with van der Waals surface area (Å²) in [5, 5.41) is 9.74. The fraction of sp³-hybridized carbons (Fsp3) is 0.432. The summed E-state index contributed by atoms with van der Waals surface area (Å²) in [6, 6.07) is 23.9. The molecular weight excluding hydrogens is 598 g/mol. The van der Waals surface area contributed by atoms with Gasteiger partial charge in [-0.3, -0.25) is 9.59 Å². The molecule has 0 spiro atoms. The number of anilines is 1. The summed E-state index contributed by atoms with van der Waals surface area (Å²) >= 11 is 0. The zero-order valence-corrected chi connectivity index (χ0v) is 26.9. The van der Waals surface area contributed by atoms with Crippen molar-refractivity contribution in [3.63, 3.8) is 0 Å². The van der Waals surface area contributed by atoms with Crippen LogP contribution in [0, 0.1) is 0 Å². The van der Waals surface area contributed by atoms with E-state index in [0.29, 0.717) is 55.5 Å². The Bertz CT molecular complexity index is 1540. The number of benzene rings is 3. The first-order chi connectivity index (χ1) is 22.9. The van der Waals surface area contributed by atoms with E-state index < -0.39 is 6.09 Å². The second-order valence-corrected chi connectivity index (χ2v) is 12.6. The summed E-state index contributed by atoms with van der Waals surface area (Å²) in [5.41, 5.74) is 4.59. The topological polar surface area (TPSA) is 109 Å². The van der Waals surface area contributed by atoms with Gasteiger partial charge in [0.1, 0.15) is 5.75 Å². The molecule has 3 amide bonds. The number of carbonyl (C=O) groups is 3. The molecule has 0 saturated carbocycles. The van der Waals surface area contributed by atoms with Crippen LogP contribution in [-0.4, -0.2) is 92.0 Å². The fourth-order valence-corrected chi connectivity index (χ4v) is 6.99. The summed E-state index contributed by atoms with van der Waals surface area (Å²) in [5.74, 6) is 1.03. The van der Waals surface area contributed by atoms with Crippen LogP contribution in [0.4, 0.5) is 10.5 Å². The molecule has 2 fully saturated rings. The highest BCUT2D eigenvalue weighted by molar-refractivity contribution is 5.98. The largest absolute Gasteiger partial charge is 0.482 e. The van der Waals surface area contributed by atoms with Gasteiger partial charge in [-0.25, -0.2) is 4.79 Å². The van der Waals surface area contributed by atoms with Crippen molar-refractivity contribution in [3.05, 3.63) is 95.1 Å². The first-order valence-corrected chi connectivity index (χ1v) is 16.5. The molecule has 2 saturated heterocycles. The number of hydrogen-bond acceptors (Lipinski definition) is 6. The molecule has 2 atom stereocenters. The van der Waals surface area contributed by atoms with Gasteiger partial charge in [0, 0.05) is 51.4 Å². The minimum Gasteiger partial charge on any atom is -0.482 e. The van der Waals surface area contributed by atoms with E-state index >= 15 is 0 Å². The number of likely N-dealkylation sites (tertiary alicyclic amines) is 2. The molecule has 0 aromatic heterocycles. The third kappa shape index (κ3) is 7.60. The molecule has 10 nitrogen and oxygen atoms in total. The number of ether oxygens (including phenoxy) is 3. The number of rotatable bonds is 10. The van der Waals surface area contributed by atoms with Gasteiger partial charge in [0.05, 0.1) is 24.9 Å². The normalized spacial score (nSPS) is 20.1. The molecule has 3 aromatic carbocycles. The molecule has 2 unspecified atom stereocenters. The van der Waals surface area contributed by atoms with Crippen molar-refractivity contribution in [1.82, 2.24) is 9.80 Å². The fourth-order valence-electron chi connectivity index (χ4n) is 6.99. The lowest BCUT2D eigenvalue weighted by Crippen LogP contribution is -2.46. The average Bonchev–Trinajstić information content (AvgIpc) is 3.11. The monoisotopic (exact) mass is 641 g/mol. The van der Waals surface area contributed by atoms with Crippen molar-refractivity contribution >= 4 is 23.6 Å². The van der Waals surface area contributed by atoms with Crippen LogP contribution >= 0.6 is 0 Å². The Kier molecular flexibility index (Phi) is 10.4. The van der Waals surface area contributed by atoms with Crippen molar-refractivity contribution in [2.75, 3.05) is 57.9 Å². The van der Waals surface area contributed by atoms with Gasteiger partial charge in [-0.2, -0.15) is 0 Å². The van der Waals surface area contributed by atoms with Gasteiger partial charge >= 0.3 is 6.09 Å². The maximum Gasteiger partial charge on any atom is 0.407 e. The zero-order valence-electron chi connectivity index (χ0n) is 26.9. The lowest BCUT2D eigenvalue weighted by Gasteiger charge is -2.37. The molecule has 3 aromatic rings. The lowest BCUT2D eigenvalue weighted by atomic mass is 9.86. The standard InChI is InChI=1S/C37H43N3O7/c1-45-21-5-17-40-32-22-26(8-13-33(32)47-25-35(40)41)24-46-34-23-39(37(43)44)20-16-31(34)29-9-11-30(12-10-29)36(42)38-18-14-28(15-19-38)27-6-3-2-4-7-27/h2-4,6-13,22,28,31,34H,5,14-21,23-25H2,1H3,(H,43,44). The molecule has 3 aliphatic rings. The Labute approximate surface area is 275 Å². The molecule has 0 bridgehead atoms. The van der Waals surface area contributed by atoms with Crippen LogP contribution in [0.3, 0.4) is 0 Å². The number of carbonyl (C=O) groups excluding carboxylic acids is 2. The van der Waals surface area contributed by atoms with Crippen LogP contribution in [0.25, 0.3) is 0 Å². The Morgan fingerprint density at radius 1 is 0.915 bits per heavy atom.